The zero-order valence-electron chi connectivity index (χ0n) is 12.9. The maximum Gasteiger partial charge on any atom is 0.119 e. The molecule has 0 saturated heterocycles. The van der Waals surface area contributed by atoms with Gasteiger partial charge in [-0.25, -0.2) is 0 Å². The molecule has 0 aromatic heterocycles. The average molecular weight is 286 g/mol. The van der Waals surface area contributed by atoms with Crippen molar-refractivity contribution in [3.63, 3.8) is 0 Å². The summed E-state index contributed by atoms with van der Waals surface area (Å²) in [7, 11) is 1.98. The molecule has 19 heavy (non-hydrogen) atoms. The number of halogens is 1. The molecule has 0 fully saturated rings. The number of hydrogen-bond donors (Lipinski definition) is 1. The Balaban J connectivity index is 0.00000154. The van der Waals surface area contributed by atoms with E-state index in [4.69, 9.17) is 16.3 Å². The van der Waals surface area contributed by atoms with Crippen LogP contribution >= 0.6 is 11.6 Å². The molecule has 0 bridgehead atoms. The standard InChI is InChI=1S/C14H22ClNO.C2H6/c1-11(2)14(5-4-10-16-3)17-13-8-6-12(15)7-9-13;1-2/h6-9,11,14,16H,4-5,10H2,1-3H3;1-2H3. The minimum Gasteiger partial charge on any atom is -0.490 e. The summed E-state index contributed by atoms with van der Waals surface area (Å²) in [5.74, 6) is 1.42. The van der Waals surface area contributed by atoms with E-state index in [1.807, 2.05) is 45.2 Å². The number of hydrogen-bond acceptors (Lipinski definition) is 2. The molecule has 3 heteroatoms. The molecule has 0 amide bonds. The summed E-state index contributed by atoms with van der Waals surface area (Å²) in [4.78, 5) is 0. The molecule has 1 aromatic carbocycles. The van der Waals surface area contributed by atoms with E-state index in [1.165, 1.54) is 0 Å². The molecule has 0 spiro atoms. The summed E-state index contributed by atoms with van der Waals surface area (Å²) >= 11 is 5.85. The van der Waals surface area contributed by atoms with Gasteiger partial charge in [0.05, 0.1) is 0 Å². The van der Waals surface area contributed by atoms with E-state index in [9.17, 15) is 0 Å². The van der Waals surface area contributed by atoms with Crippen LogP contribution in [0.5, 0.6) is 5.75 Å². The highest BCUT2D eigenvalue weighted by Crippen LogP contribution is 2.21. The lowest BCUT2D eigenvalue weighted by Crippen LogP contribution is -2.24. The summed E-state index contributed by atoms with van der Waals surface area (Å²) in [5.41, 5.74) is 0. The maximum absolute atomic E-state index is 5.99. The average Bonchev–Trinajstić information content (AvgIpc) is 2.42. The SMILES string of the molecule is CC.CNCCCC(Oc1ccc(Cl)cc1)C(C)C. The van der Waals surface area contributed by atoms with Gasteiger partial charge in [0.15, 0.2) is 0 Å². The predicted octanol–water partition coefficient (Wildman–Crippen LogP) is 4.77. The fourth-order valence-electron chi connectivity index (χ4n) is 1.70. The van der Waals surface area contributed by atoms with E-state index in [1.54, 1.807) is 0 Å². The number of rotatable bonds is 7. The molecular weight excluding hydrogens is 258 g/mol. The summed E-state index contributed by atoms with van der Waals surface area (Å²) in [6.07, 6.45) is 2.47. The third-order valence-electron chi connectivity index (χ3n) is 2.76. The lowest BCUT2D eigenvalue weighted by atomic mass is 10.0. The van der Waals surface area contributed by atoms with E-state index < -0.39 is 0 Å². The van der Waals surface area contributed by atoms with Gasteiger partial charge in [-0.1, -0.05) is 39.3 Å². The Morgan fingerprint density at radius 2 is 1.74 bits per heavy atom. The van der Waals surface area contributed by atoms with E-state index in [0.29, 0.717) is 5.92 Å². The lowest BCUT2D eigenvalue weighted by molar-refractivity contribution is 0.139. The van der Waals surface area contributed by atoms with Gasteiger partial charge in [0.2, 0.25) is 0 Å². The van der Waals surface area contributed by atoms with Crippen LogP contribution in [0.25, 0.3) is 0 Å². The van der Waals surface area contributed by atoms with Crippen molar-refractivity contribution in [2.24, 2.45) is 5.92 Å². The van der Waals surface area contributed by atoms with Gasteiger partial charge in [0.25, 0.3) is 0 Å². The van der Waals surface area contributed by atoms with Crippen molar-refractivity contribution in [2.75, 3.05) is 13.6 Å². The van der Waals surface area contributed by atoms with Crippen molar-refractivity contribution in [2.45, 2.75) is 46.6 Å². The minimum absolute atomic E-state index is 0.268. The van der Waals surface area contributed by atoms with Crippen LogP contribution in [0.3, 0.4) is 0 Å². The first-order valence-electron chi connectivity index (χ1n) is 7.20. The smallest absolute Gasteiger partial charge is 0.119 e. The van der Waals surface area contributed by atoms with Gasteiger partial charge in [-0.2, -0.15) is 0 Å². The van der Waals surface area contributed by atoms with Crippen LogP contribution in [-0.4, -0.2) is 19.7 Å². The van der Waals surface area contributed by atoms with Gasteiger partial charge in [-0.15, -0.1) is 0 Å². The van der Waals surface area contributed by atoms with E-state index in [-0.39, 0.29) is 6.10 Å². The summed E-state index contributed by atoms with van der Waals surface area (Å²) in [6.45, 7) is 9.42. The Morgan fingerprint density at radius 3 is 2.21 bits per heavy atom. The second-order valence-electron chi connectivity index (χ2n) is 4.60. The Labute approximate surface area is 123 Å². The van der Waals surface area contributed by atoms with Gasteiger partial charge in [-0.05, 0) is 56.6 Å². The molecule has 1 rings (SSSR count). The normalized spacial score (nSPS) is 11.7. The van der Waals surface area contributed by atoms with E-state index in [2.05, 4.69) is 19.2 Å². The maximum atomic E-state index is 5.99. The van der Waals surface area contributed by atoms with Crippen molar-refractivity contribution in [3.05, 3.63) is 29.3 Å². The summed E-state index contributed by atoms with van der Waals surface area (Å²) < 4.78 is 5.99. The zero-order valence-corrected chi connectivity index (χ0v) is 13.6. The molecule has 0 heterocycles. The second kappa shape index (κ2) is 11.1. The summed E-state index contributed by atoms with van der Waals surface area (Å²) in [6, 6.07) is 7.58. The highest BCUT2D eigenvalue weighted by Gasteiger charge is 2.14. The fraction of sp³-hybridized carbons (Fsp3) is 0.625. The van der Waals surface area contributed by atoms with Gasteiger partial charge in [-0.3, -0.25) is 0 Å². The molecular formula is C16H28ClNO. The Bertz CT molecular complexity index is 311. The van der Waals surface area contributed by atoms with Crippen molar-refractivity contribution in [1.29, 1.82) is 0 Å². The number of nitrogens with one attached hydrogen (secondary N) is 1. The van der Waals surface area contributed by atoms with Gasteiger partial charge < -0.3 is 10.1 Å². The highest BCUT2D eigenvalue weighted by molar-refractivity contribution is 6.30. The van der Waals surface area contributed by atoms with Crippen LogP contribution in [-0.2, 0) is 0 Å². The first-order chi connectivity index (χ1) is 9.13. The van der Waals surface area contributed by atoms with Crippen LogP contribution in [0.1, 0.15) is 40.5 Å². The topological polar surface area (TPSA) is 21.3 Å². The molecule has 1 aromatic rings. The molecule has 0 radical (unpaired) electrons. The Morgan fingerprint density at radius 1 is 1.16 bits per heavy atom. The zero-order chi connectivity index (χ0) is 14.7. The molecule has 1 N–H and O–H groups in total. The third kappa shape index (κ3) is 8.12. The molecule has 0 aliphatic heterocycles. The van der Waals surface area contributed by atoms with Crippen molar-refractivity contribution in [1.82, 2.24) is 5.32 Å². The van der Waals surface area contributed by atoms with E-state index in [0.717, 1.165) is 30.2 Å². The molecule has 1 unspecified atom stereocenters. The Kier molecular flexibility index (Phi) is 10.7. The second-order valence-corrected chi connectivity index (χ2v) is 5.04. The number of benzene rings is 1. The van der Waals surface area contributed by atoms with Crippen molar-refractivity contribution >= 4 is 11.6 Å². The predicted molar refractivity (Wildman–Crippen MR) is 85.2 cm³/mol. The van der Waals surface area contributed by atoms with Crippen LogP contribution in [0.4, 0.5) is 0 Å². The molecule has 2 nitrogen and oxygen atoms in total. The number of ether oxygens (including phenoxy) is 1. The van der Waals surface area contributed by atoms with Gasteiger partial charge >= 0.3 is 0 Å². The van der Waals surface area contributed by atoms with Gasteiger partial charge in [0.1, 0.15) is 11.9 Å². The van der Waals surface area contributed by atoms with Crippen LogP contribution in [0.2, 0.25) is 5.02 Å². The third-order valence-corrected chi connectivity index (χ3v) is 3.01. The van der Waals surface area contributed by atoms with Crippen LogP contribution in [0, 0.1) is 5.92 Å². The van der Waals surface area contributed by atoms with Crippen molar-refractivity contribution < 1.29 is 4.74 Å². The van der Waals surface area contributed by atoms with E-state index >= 15 is 0 Å². The van der Waals surface area contributed by atoms with Gasteiger partial charge in [0, 0.05) is 5.02 Å². The minimum atomic E-state index is 0.268. The highest BCUT2D eigenvalue weighted by atomic mass is 35.5. The monoisotopic (exact) mass is 285 g/mol. The van der Waals surface area contributed by atoms with Crippen LogP contribution in [0.15, 0.2) is 24.3 Å². The Hall–Kier alpha value is -0.730. The first kappa shape index (κ1) is 18.3. The molecule has 110 valence electrons. The fourth-order valence-corrected chi connectivity index (χ4v) is 1.82. The molecule has 0 saturated carbocycles. The molecule has 1 atom stereocenters. The quantitative estimate of drug-likeness (QED) is 0.729. The molecule has 0 aliphatic rings. The molecule has 0 aliphatic carbocycles. The van der Waals surface area contributed by atoms with Crippen LogP contribution < -0.4 is 10.1 Å². The largest absolute Gasteiger partial charge is 0.490 e. The first-order valence-corrected chi connectivity index (χ1v) is 7.58. The van der Waals surface area contributed by atoms with Crippen molar-refractivity contribution in [3.8, 4) is 5.75 Å². The summed E-state index contributed by atoms with van der Waals surface area (Å²) in [5, 5.41) is 3.90. The lowest BCUT2D eigenvalue weighted by Gasteiger charge is -2.22.